The Hall–Kier alpha value is -1.82. The molecule has 3 rings (SSSR count). The first kappa shape index (κ1) is 12.2. The van der Waals surface area contributed by atoms with Gasteiger partial charge in [-0.25, -0.2) is 0 Å². The average Bonchev–Trinajstić information content (AvgIpc) is 2.37. The Morgan fingerprint density at radius 2 is 1.42 bits per heavy atom. The van der Waals surface area contributed by atoms with Crippen LogP contribution in [0.25, 0.3) is 21.5 Å². The standard InChI is InChI=1S/C19H20/c1-13-17-8-6-5-7-14(17)11-15-9-10-16(12-18(13)15)19(2,3)4/h5-12H,1-4H3. The second-order valence-electron chi connectivity index (χ2n) is 6.41. The molecule has 0 saturated carbocycles. The van der Waals surface area contributed by atoms with Crippen molar-refractivity contribution in [2.75, 3.05) is 0 Å². The second kappa shape index (κ2) is 4.09. The summed E-state index contributed by atoms with van der Waals surface area (Å²) in [6.45, 7) is 9.04. The van der Waals surface area contributed by atoms with Gasteiger partial charge in [0.2, 0.25) is 0 Å². The first-order valence-corrected chi connectivity index (χ1v) is 6.89. The molecule has 3 aromatic rings. The predicted molar refractivity (Wildman–Crippen MR) is 84.9 cm³/mol. The number of rotatable bonds is 0. The third-order valence-corrected chi connectivity index (χ3v) is 4.00. The van der Waals surface area contributed by atoms with Crippen LogP contribution < -0.4 is 0 Å². The summed E-state index contributed by atoms with van der Waals surface area (Å²) >= 11 is 0. The molecule has 3 aromatic carbocycles. The predicted octanol–water partition coefficient (Wildman–Crippen LogP) is 5.60. The van der Waals surface area contributed by atoms with E-state index in [0.717, 1.165) is 0 Å². The highest BCUT2D eigenvalue weighted by Gasteiger charge is 2.14. The maximum absolute atomic E-state index is 2.36. The fourth-order valence-corrected chi connectivity index (χ4v) is 2.75. The number of hydrogen-bond donors (Lipinski definition) is 0. The van der Waals surface area contributed by atoms with E-state index in [2.05, 4.69) is 76.2 Å². The van der Waals surface area contributed by atoms with E-state index in [-0.39, 0.29) is 5.41 Å². The molecule has 0 heteroatoms. The van der Waals surface area contributed by atoms with Crippen molar-refractivity contribution in [2.45, 2.75) is 33.1 Å². The molecule has 0 fully saturated rings. The van der Waals surface area contributed by atoms with Gasteiger partial charge in [-0.3, -0.25) is 0 Å². The summed E-state index contributed by atoms with van der Waals surface area (Å²) in [7, 11) is 0. The van der Waals surface area contributed by atoms with E-state index in [1.54, 1.807) is 0 Å². The zero-order chi connectivity index (χ0) is 13.6. The van der Waals surface area contributed by atoms with E-state index in [4.69, 9.17) is 0 Å². The van der Waals surface area contributed by atoms with Crippen LogP contribution in [0.3, 0.4) is 0 Å². The largest absolute Gasteiger partial charge is 0.0616 e. The normalized spacial score (nSPS) is 12.2. The van der Waals surface area contributed by atoms with Crippen molar-refractivity contribution in [1.82, 2.24) is 0 Å². The minimum Gasteiger partial charge on any atom is -0.0616 e. The van der Waals surface area contributed by atoms with Crippen molar-refractivity contribution in [3.63, 3.8) is 0 Å². The Morgan fingerprint density at radius 1 is 0.737 bits per heavy atom. The van der Waals surface area contributed by atoms with Crippen LogP contribution in [0.1, 0.15) is 31.9 Å². The fraction of sp³-hybridized carbons (Fsp3) is 0.263. The summed E-state index contributed by atoms with van der Waals surface area (Å²) in [5.74, 6) is 0. The molecule has 0 nitrogen and oxygen atoms in total. The average molecular weight is 248 g/mol. The Bertz CT molecular complexity index is 758. The minimum absolute atomic E-state index is 0.201. The highest BCUT2D eigenvalue weighted by Crippen LogP contribution is 2.31. The van der Waals surface area contributed by atoms with Crippen LogP contribution in [-0.4, -0.2) is 0 Å². The topological polar surface area (TPSA) is 0 Å². The zero-order valence-electron chi connectivity index (χ0n) is 12.1. The van der Waals surface area contributed by atoms with E-state index in [1.807, 2.05) is 0 Å². The quantitative estimate of drug-likeness (QED) is 0.454. The van der Waals surface area contributed by atoms with Crippen molar-refractivity contribution in [3.8, 4) is 0 Å². The summed E-state index contributed by atoms with van der Waals surface area (Å²) in [5, 5.41) is 5.41. The number of benzene rings is 3. The van der Waals surface area contributed by atoms with E-state index < -0.39 is 0 Å². The third kappa shape index (κ3) is 2.02. The lowest BCUT2D eigenvalue weighted by Crippen LogP contribution is -2.10. The van der Waals surface area contributed by atoms with E-state index in [0.29, 0.717) is 0 Å². The van der Waals surface area contributed by atoms with Gasteiger partial charge in [0.05, 0.1) is 0 Å². The van der Waals surface area contributed by atoms with Crippen LogP contribution in [0.2, 0.25) is 0 Å². The molecule has 0 spiro atoms. The van der Waals surface area contributed by atoms with Crippen LogP contribution in [0.5, 0.6) is 0 Å². The molecular weight excluding hydrogens is 228 g/mol. The van der Waals surface area contributed by atoms with Crippen LogP contribution >= 0.6 is 0 Å². The molecule has 0 unspecified atom stereocenters. The minimum atomic E-state index is 0.201. The van der Waals surface area contributed by atoms with Crippen LogP contribution in [0, 0.1) is 6.92 Å². The third-order valence-electron chi connectivity index (χ3n) is 4.00. The van der Waals surface area contributed by atoms with Crippen molar-refractivity contribution in [3.05, 3.63) is 59.7 Å². The Morgan fingerprint density at radius 3 is 2.16 bits per heavy atom. The van der Waals surface area contributed by atoms with E-state index >= 15 is 0 Å². The van der Waals surface area contributed by atoms with Gasteiger partial charge in [0, 0.05) is 0 Å². The van der Waals surface area contributed by atoms with Crippen molar-refractivity contribution in [1.29, 1.82) is 0 Å². The molecule has 0 heterocycles. The van der Waals surface area contributed by atoms with Crippen molar-refractivity contribution < 1.29 is 0 Å². The maximum Gasteiger partial charge on any atom is -0.0132 e. The van der Waals surface area contributed by atoms with Gasteiger partial charge in [-0.1, -0.05) is 63.2 Å². The van der Waals surface area contributed by atoms with Gasteiger partial charge in [0.15, 0.2) is 0 Å². The molecule has 19 heavy (non-hydrogen) atoms. The summed E-state index contributed by atoms with van der Waals surface area (Å²) in [6.07, 6.45) is 0. The van der Waals surface area contributed by atoms with Crippen molar-refractivity contribution in [2.24, 2.45) is 0 Å². The monoisotopic (exact) mass is 248 g/mol. The lowest BCUT2D eigenvalue weighted by molar-refractivity contribution is 0.591. The summed E-state index contributed by atoms with van der Waals surface area (Å²) in [4.78, 5) is 0. The fourth-order valence-electron chi connectivity index (χ4n) is 2.75. The van der Waals surface area contributed by atoms with Gasteiger partial charge in [-0.2, -0.15) is 0 Å². The first-order chi connectivity index (χ1) is 8.97. The highest BCUT2D eigenvalue weighted by molar-refractivity contribution is 6.02. The van der Waals surface area contributed by atoms with Gasteiger partial charge in [0.1, 0.15) is 0 Å². The summed E-state index contributed by atoms with van der Waals surface area (Å²) < 4.78 is 0. The molecule has 0 radical (unpaired) electrons. The Labute approximate surface area is 115 Å². The molecule has 0 bridgehead atoms. The van der Waals surface area contributed by atoms with Crippen LogP contribution in [0.15, 0.2) is 48.5 Å². The molecule has 0 N–H and O–H groups in total. The van der Waals surface area contributed by atoms with Crippen LogP contribution in [0.4, 0.5) is 0 Å². The van der Waals surface area contributed by atoms with Gasteiger partial charge >= 0.3 is 0 Å². The smallest absolute Gasteiger partial charge is 0.0132 e. The van der Waals surface area contributed by atoms with Crippen molar-refractivity contribution >= 4 is 21.5 Å². The van der Waals surface area contributed by atoms with Gasteiger partial charge in [-0.05, 0) is 51.1 Å². The number of fused-ring (bicyclic) bond motifs is 2. The molecular formula is C19H20. The number of hydrogen-bond acceptors (Lipinski definition) is 0. The number of aryl methyl sites for hydroxylation is 1. The maximum atomic E-state index is 2.36. The summed E-state index contributed by atoms with van der Waals surface area (Å²) in [6, 6.07) is 17.8. The Balaban J connectivity index is 2.40. The highest BCUT2D eigenvalue weighted by atomic mass is 14.2. The van der Waals surface area contributed by atoms with Gasteiger partial charge in [-0.15, -0.1) is 0 Å². The molecule has 0 amide bonds. The summed E-state index contributed by atoms with van der Waals surface area (Å²) in [5.41, 5.74) is 2.99. The van der Waals surface area contributed by atoms with Crippen LogP contribution in [-0.2, 0) is 5.41 Å². The lowest BCUT2D eigenvalue weighted by Gasteiger charge is -2.20. The van der Waals surface area contributed by atoms with E-state index in [9.17, 15) is 0 Å². The molecule has 0 saturated heterocycles. The van der Waals surface area contributed by atoms with Gasteiger partial charge < -0.3 is 0 Å². The zero-order valence-corrected chi connectivity index (χ0v) is 12.1. The van der Waals surface area contributed by atoms with Gasteiger partial charge in [0.25, 0.3) is 0 Å². The lowest BCUT2D eigenvalue weighted by atomic mass is 9.85. The molecule has 0 aliphatic heterocycles. The molecule has 96 valence electrons. The molecule has 0 atom stereocenters. The Kier molecular flexibility index (Phi) is 2.63. The SMILES string of the molecule is Cc1c2ccccc2cc2ccc(C(C)(C)C)cc12. The molecule has 0 aliphatic carbocycles. The first-order valence-electron chi connectivity index (χ1n) is 6.89. The molecule has 0 aromatic heterocycles. The van der Waals surface area contributed by atoms with E-state index in [1.165, 1.54) is 32.7 Å². The molecule has 0 aliphatic rings. The second-order valence-corrected chi connectivity index (χ2v) is 6.41.